The minimum absolute atomic E-state index is 0.235. The van der Waals surface area contributed by atoms with Crippen molar-refractivity contribution in [1.82, 2.24) is 23.4 Å². The third-order valence-corrected chi connectivity index (χ3v) is 15.0. The predicted molar refractivity (Wildman–Crippen MR) is 201 cm³/mol. The van der Waals surface area contributed by atoms with Gasteiger partial charge in [-0.1, -0.05) is 43.9 Å². The van der Waals surface area contributed by atoms with Crippen molar-refractivity contribution >= 4 is 32.9 Å². The fraction of sp³-hybridized carbons (Fsp3) is 0.610. The number of piperidine rings is 2. The van der Waals surface area contributed by atoms with Crippen LogP contribution >= 0.6 is 0 Å². The Labute approximate surface area is 308 Å². The van der Waals surface area contributed by atoms with Crippen molar-refractivity contribution in [2.24, 2.45) is 5.92 Å². The number of ether oxygens (including phenoxy) is 1. The van der Waals surface area contributed by atoms with Gasteiger partial charge >= 0.3 is 10.2 Å². The molecule has 52 heavy (non-hydrogen) atoms. The molecule has 3 aliphatic carbocycles. The molecule has 2 aromatic rings. The topological polar surface area (TPSA) is 104 Å². The molecule has 1 saturated carbocycles. The number of amides is 2. The van der Waals surface area contributed by atoms with E-state index in [9.17, 15) is 13.2 Å². The van der Waals surface area contributed by atoms with Gasteiger partial charge in [-0.3, -0.25) is 9.59 Å². The third-order valence-electron chi connectivity index (χ3n) is 13.6. The number of fused-ring (bicyclic) bond motifs is 8. The number of hydrogen-bond donors (Lipinski definition) is 1. The van der Waals surface area contributed by atoms with Gasteiger partial charge in [-0.15, -0.1) is 0 Å². The number of methoxy groups -OCH3 is 1. The first-order chi connectivity index (χ1) is 25.2. The van der Waals surface area contributed by atoms with Crippen LogP contribution in [0, 0.1) is 5.92 Å². The number of allylic oxidation sites excluding steroid dienone is 4. The van der Waals surface area contributed by atoms with Gasteiger partial charge in [0.2, 0.25) is 5.91 Å². The average Bonchev–Trinajstić information content (AvgIpc) is 3.70. The quantitative estimate of drug-likeness (QED) is 0.381. The highest BCUT2D eigenvalue weighted by atomic mass is 32.2. The number of carbonyl (C=O) groups excluding carboxylic acids is 2. The zero-order valence-corrected chi connectivity index (χ0v) is 31.7. The Hall–Kier alpha value is -3.41. The smallest absolute Gasteiger partial charge is 0.303 e. The van der Waals surface area contributed by atoms with Crippen LogP contribution in [0.3, 0.4) is 0 Å². The van der Waals surface area contributed by atoms with Crippen molar-refractivity contribution in [3.63, 3.8) is 0 Å². The highest BCUT2D eigenvalue weighted by Crippen LogP contribution is 2.56. The predicted octanol–water partition coefficient (Wildman–Crippen LogP) is 5.91. The van der Waals surface area contributed by atoms with E-state index in [2.05, 4.69) is 49.4 Å². The van der Waals surface area contributed by atoms with Crippen molar-refractivity contribution in [3.05, 3.63) is 63.9 Å². The Balaban J connectivity index is 1.15. The molecule has 10 nitrogen and oxygen atoms in total. The summed E-state index contributed by atoms with van der Waals surface area (Å²) in [5.41, 5.74) is 6.63. The molecule has 1 aromatic heterocycles. The van der Waals surface area contributed by atoms with Crippen LogP contribution in [0.15, 0.2) is 52.6 Å². The van der Waals surface area contributed by atoms with Gasteiger partial charge in [-0.2, -0.15) is 12.7 Å². The average molecular weight is 728 g/mol. The summed E-state index contributed by atoms with van der Waals surface area (Å²) >= 11 is 0. The number of benzene rings is 1. The van der Waals surface area contributed by atoms with Crippen LogP contribution in [-0.2, 0) is 26.3 Å². The minimum atomic E-state index is -3.98. The zero-order chi connectivity index (χ0) is 35.9. The molecular formula is C41H53N5O5S. The van der Waals surface area contributed by atoms with Gasteiger partial charge in [-0.25, -0.2) is 4.72 Å². The highest BCUT2D eigenvalue weighted by Gasteiger charge is 2.51. The summed E-state index contributed by atoms with van der Waals surface area (Å²) in [6.45, 7) is 2.82. The van der Waals surface area contributed by atoms with E-state index in [4.69, 9.17) is 4.74 Å². The van der Waals surface area contributed by atoms with E-state index in [-0.39, 0.29) is 29.8 Å². The molecule has 0 spiro atoms. The first-order valence-corrected chi connectivity index (χ1v) is 21.3. The second kappa shape index (κ2) is 13.2. The summed E-state index contributed by atoms with van der Waals surface area (Å²) in [7, 11) is 0.564. The largest absolute Gasteiger partial charge is 0.496 e. The van der Waals surface area contributed by atoms with Crippen LogP contribution in [-0.4, -0.2) is 91.3 Å². The molecule has 3 saturated heterocycles. The van der Waals surface area contributed by atoms with Gasteiger partial charge in [0.25, 0.3) is 5.91 Å². The summed E-state index contributed by atoms with van der Waals surface area (Å²) in [5.74, 6) is 0.291. The van der Waals surface area contributed by atoms with Crippen LogP contribution in [0.4, 0.5) is 0 Å². The number of aromatic nitrogens is 1. The Morgan fingerprint density at radius 3 is 2.33 bits per heavy atom. The van der Waals surface area contributed by atoms with Crippen LogP contribution < -0.4 is 9.46 Å². The Morgan fingerprint density at radius 1 is 0.923 bits per heavy atom. The SMILES string of the molecule is COc1ccc(C2CCCCC2)c2c1cc1n2CC2=C(C(=O)NS(=O)(=O)N(C)C)C2=C2C=CC[C@@H](C(=O)N3C4CCC3CC(N3CCCCC3)C4)C21. The van der Waals surface area contributed by atoms with Crippen molar-refractivity contribution < 1.29 is 22.7 Å². The molecule has 1 aromatic carbocycles. The molecule has 4 atom stereocenters. The highest BCUT2D eigenvalue weighted by molar-refractivity contribution is 7.87. The van der Waals surface area contributed by atoms with E-state index in [1.165, 1.54) is 71.3 Å². The normalized spacial score (nSPS) is 29.2. The number of rotatable bonds is 7. The summed E-state index contributed by atoms with van der Waals surface area (Å²) in [4.78, 5) is 33.9. The lowest BCUT2D eigenvalue weighted by molar-refractivity contribution is -0.141. The van der Waals surface area contributed by atoms with Gasteiger partial charge in [0, 0.05) is 55.8 Å². The van der Waals surface area contributed by atoms with E-state index in [1.807, 2.05) is 0 Å². The van der Waals surface area contributed by atoms with Crippen molar-refractivity contribution in [3.8, 4) is 5.75 Å². The number of carbonyl (C=O) groups is 2. The van der Waals surface area contributed by atoms with Crippen LogP contribution in [0.5, 0.6) is 5.75 Å². The molecule has 7 aliphatic rings. The Bertz CT molecular complexity index is 2000. The van der Waals surface area contributed by atoms with E-state index in [0.717, 1.165) is 81.9 Å². The lowest BCUT2D eigenvalue weighted by atomic mass is 9.75. The summed E-state index contributed by atoms with van der Waals surface area (Å²) < 4.78 is 37.3. The van der Waals surface area contributed by atoms with E-state index in [1.54, 1.807) is 7.11 Å². The maximum absolute atomic E-state index is 15.2. The minimum Gasteiger partial charge on any atom is -0.496 e. The standard InChI is InChI=1S/C41H53N5O5S/c1-43(2)52(49,50)42-40(47)38-33-24-45-34(23-32-35(51-3)18-17-29(39(32)45)25-11-6-4-7-12-25)36-30(37(33)38)13-10-14-31(36)41(48)46-26-15-16-27(46)22-28(21-26)44-19-8-5-9-20-44/h10,13,17-18,23,25-28,31,36H,4-9,11-12,14-16,19-22,24H2,1-3H3,(H,42,47)/t26?,27?,28?,31-,36?/m1/s1. The fourth-order valence-corrected chi connectivity index (χ4v) is 11.6. The molecule has 278 valence electrons. The van der Waals surface area contributed by atoms with Gasteiger partial charge in [-0.05, 0) is 111 Å². The van der Waals surface area contributed by atoms with Crippen molar-refractivity contribution in [1.29, 1.82) is 0 Å². The summed E-state index contributed by atoms with van der Waals surface area (Å²) in [6.07, 6.45) is 18.9. The number of nitrogens with one attached hydrogen (secondary N) is 1. The molecular weight excluding hydrogens is 675 g/mol. The van der Waals surface area contributed by atoms with Crippen LogP contribution in [0.25, 0.3) is 10.9 Å². The maximum Gasteiger partial charge on any atom is 0.303 e. The van der Waals surface area contributed by atoms with Crippen LogP contribution in [0.2, 0.25) is 0 Å². The van der Waals surface area contributed by atoms with Gasteiger partial charge in [0.1, 0.15) is 5.75 Å². The number of nitrogens with zero attached hydrogens (tertiary/aromatic N) is 4. The molecule has 9 rings (SSSR count). The summed E-state index contributed by atoms with van der Waals surface area (Å²) in [5, 5.41) is 1.05. The first kappa shape index (κ1) is 34.4. The van der Waals surface area contributed by atoms with Gasteiger partial charge < -0.3 is 19.1 Å². The molecule has 2 bridgehead atoms. The third kappa shape index (κ3) is 5.59. The number of hydrogen-bond acceptors (Lipinski definition) is 6. The van der Waals surface area contributed by atoms with E-state index < -0.39 is 16.1 Å². The molecule has 5 heterocycles. The monoisotopic (exact) mass is 727 g/mol. The van der Waals surface area contributed by atoms with Gasteiger partial charge in [0.05, 0.1) is 24.1 Å². The lowest BCUT2D eigenvalue weighted by Crippen LogP contribution is -2.55. The molecule has 1 N–H and O–H groups in total. The molecule has 3 unspecified atom stereocenters. The second-order valence-corrected chi connectivity index (χ2v) is 18.5. The molecule has 2 amide bonds. The van der Waals surface area contributed by atoms with E-state index in [0.29, 0.717) is 30.5 Å². The van der Waals surface area contributed by atoms with Crippen molar-refractivity contribution in [2.45, 2.75) is 120 Å². The second-order valence-electron chi connectivity index (χ2n) is 16.6. The Kier molecular flexibility index (Phi) is 8.70. The molecule has 0 radical (unpaired) electrons. The van der Waals surface area contributed by atoms with E-state index >= 15 is 4.79 Å². The van der Waals surface area contributed by atoms with Gasteiger partial charge in [0.15, 0.2) is 0 Å². The fourth-order valence-electron chi connectivity index (χ4n) is 11.0. The molecule has 4 aliphatic heterocycles. The molecule has 11 heteroatoms. The maximum atomic E-state index is 15.2. The zero-order valence-electron chi connectivity index (χ0n) is 30.9. The van der Waals surface area contributed by atoms with Crippen LogP contribution in [0.1, 0.15) is 107 Å². The molecule has 4 fully saturated rings. The number of likely N-dealkylation sites (tertiary alicyclic amines) is 1. The lowest BCUT2D eigenvalue weighted by Gasteiger charge is -2.46. The van der Waals surface area contributed by atoms with Crippen molar-refractivity contribution in [2.75, 3.05) is 34.3 Å². The Morgan fingerprint density at radius 2 is 1.63 bits per heavy atom. The first-order valence-electron chi connectivity index (χ1n) is 19.8. The summed E-state index contributed by atoms with van der Waals surface area (Å²) in [6, 6.07) is 7.70.